The maximum atomic E-state index is 13.1. The molecule has 0 radical (unpaired) electrons. The van der Waals surface area contributed by atoms with E-state index >= 15 is 0 Å². The van der Waals surface area contributed by atoms with Gasteiger partial charge in [0, 0.05) is 6.54 Å². The van der Waals surface area contributed by atoms with Crippen LogP contribution in [0.4, 0.5) is 0 Å². The van der Waals surface area contributed by atoms with E-state index in [4.69, 9.17) is 9.47 Å². The molecule has 6 bridgehead atoms. The molecule has 3 N–H and O–H groups in total. The number of fused-ring (bicyclic) bond motifs is 12. The standard InChI is InChI=1S/C29H36N4O6/c1-17(2)26-27(35)30-18(3)28(36)33-14-6-9-24(32-33)29(37)39-19(4)21-7-5-8-22(15-21)20-10-12-23(13-11-20)38-16-25(34)31-26/h5,7-8,10-13,15,17-19,24,26,32H,6,9,14,16H2,1-4H3,(H,30,35)(H,31,34)/t18-,19?,24-,26-/m0/s1. The quantitative estimate of drug-likeness (QED) is 0.378. The summed E-state index contributed by atoms with van der Waals surface area (Å²) in [5.41, 5.74) is 5.68. The Morgan fingerprint density at radius 3 is 2.41 bits per heavy atom. The lowest BCUT2D eigenvalue weighted by molar-refractivity contribution is -0.157. The van der Waals surface area contributed by atoms with E-state index in [0.717, 1.165) is 16.7 Å². The van der Waals surface area contributed by atoms with E-state index < -0.39 is 42.0 Å². The minimum Gasteiger partial charge on any atom is -0.484 e. The molecule has 0 saturated carbocycles. The first-order chi connectivity index (χ1) is 18.6. The van der Waals surface area contributed by atoms with Crippen molar-refractivity contribution in [1.29, 1.82) is 0 Å². The second kappa shape index (κ2) is 12.3. The van der Waals surface area contributed by atoms with E-state index in [1.54, 1.807) is 32.9 Å². The van der Waals surface area contributed by atoms with Crippen molar-refractivity contribution >= 4 is 23.7 Å². The minimum absolute atomic E-state index is 0.230. The Balaban J connectivity index is 1.61. The molecule has 10 nitrogen and oxygen atoms in total. The molecule has 39 heavy (non-hydrogen) atoms. The molecule has 2 aromatic carbocycles. The largest absolute Gasteiger partial charge is 0.484 e. The molecule has 3 aliphatic heterocycles. The van der Waals surface area contributed by atoms with Gasteiger partial charge < -0.3 is 20.1 Å². The van der Waals surface area contributed by atoms with Crippen LogP contribution < -0.4 is 20.8 Å². The molecule has 3 heterocycles. The van der Waals surface area contributed by atoms with Crippen LogP contribution in [0.25, 0.3) is 11.1 Å². The number of hydrogen-bond acceptors (Lipinski definition) is 7. The van der Waals surface area contributed by atoms with Crippen LogP contribution in [0, 0.1) is 5.92 Å². The highest BCUT2D eigenvalue weighted by Gasteiger charge is 2.33. The number of nitrogens with zero attached hydrogens (tertiary/aromatic N) is 1. The summed E-state index contributed by atoms with van der Waals surface area (Å²) >= 11 is 0. The highest BCUT2D eigenvalue weighted by atomic mass is 16.5. The van der Waals surface area contributed by atoms with Crippen LogP contribution in [0.1, 0.15) is 52.2 Å². The Bertz CT molecular complexity index is 1210. The van der Waals surface area contributed by atoms with Crippen molar-refractivity contribution in [2.24, 2.45) is 5.92 Å². The van der Waals surface area contributed by atoms with Gasteiger partial charge in [-0.1, -0.05) is 44.2 Å². The number of carbonyl (C=O) groups excluding carboxylic acids is 4. The first kappa shape index (κ1) is 28.1. The zero-order valence-corrected chi connectivity index (χ0v) is 22.7. The van der Waals surface area contributed by atoms with Crippen molar-refractivity contribution in [3.8, 4) is 16.9 Å². The summed E-state index contributed by atoms with van der Waals surface area (Å²) in [6.07, 6.45) is 0.617. The monoisotopic (exact) mass is 536 g/mol. The lowest BCUT2D eigenvalue weighted by Gasteiger charge is -2.35. The Labute approximate surface area is 228 Å². The molecule has 10 heteroatoms. The first-order valence-electron chi connectivity index (χ1n) is 13.3. The van der Waals surface area contributed by atoms with E-state index in [0.29, 0.717) is 25.1 Å². The molecule has 0 aromatic heterocycles. The average molecular weight is 537 g/mol. The van der Waals surface area contributed by atoms with Gasteiger partial charge in [-0.15, -0.1) is 0 Å². The van der Waals surface area contributed by atoms with Crippen LogP contribution in [-0.4, -0.2) is 60.0 Å². The molecule has 5 rings (SSSR count). The predicted octanol–water partition coefficient (Wildman–Crippen LogP) is 2.49. The Morgan fingerprint density at radius 2 is 1.69 bits per heavy atom. The first-order valence-corrected chi connectivity index (χ1v) is 13.3. The maximum Gasteiger partial charge on any atom is 0.325 e. The fourth-order valence-electron chi connectivity index (χ4n) is 4.65. The number of rotatable bonds is 1. The van der Waals surface area contributed by atoms with Gasteiger partial charge in [-0.3, -0.25) is 24.2 Å². The fourth-order valence-corrected chi connectivity index (χ4v) is 4.65. The SMILES string of the molecule is CC1OC(=O)[C@@H]2CCCN(N2)C(=O)[C@H](C)NC(=O)[C@H](C(C)C)NC(=O)COc2ccc(cc2)-c2cccc1c2. The number of carbonyl (C=O) groups is 4. The summed E-state index contributed by atoms with van der Waals surface area (Å²) in [5.74, 6) is -1.49. The summed E-state index contributed by atoms with van der Waals surface area (Å²) in [7, 11) is 0. The number of benzene rings is 2. The smallest absolute Gasteiger partial charge is 0.325 e. The molecule has 1 saturated heterocycles. The van der Waals surface area contributed by atoms with Gasteiger partial charge in [0.2, 0.25) is 5.91 Å². The van der Waals surface area contributed by atoms with Crippen LogP contribution in [0.5, 0.6) is 5.75 Å². The molecule has 0 aliphatic carbocycles. The highest BCUT2D eigenvalue weighted by Crippen LogP contribution is 2.27. The second-order valence-electron chi connectivity index (χ2n) is 10.4. The second-order valence-corrected chi connectivity index (χ2v) is 10.4. The van der Waals surface area contributed by atoms with Crippen LogP contribution in [0.2, 0.25) is 0 Å². The number of hydrazine groups is 1. The number of nitrogens with one attached hydrogen (secondary N) is 3. The molecule has 4 atom stereocenters. The third-order valence-electron chi connectivity index (χ3n) is 6.94. The normalized spacial score (nSPS) is 25.1. The van der Waals surface area contributed by atoms with E-state index in [9.17, 15) is 19.2 Å². The van der Waals surface area contributed by atoms with Crippen molar-refractivity contribution in [3.05, 3.63) is 54.1 Å². The van der Waals surface area contributed by atoms with Gasteiger partial charge in [0.05, 0.1) is 0 Å². The lowest BCUT2D eigenvalue weighted by Crippen LogP contribution is -2.61. The van der Waals surface area contributed by atoms with E-state index in [-0.39, 0.29) is 18.4 Å². The molecule has 2 aromatic rings. The number of esters is 1. The van der Waals surface area contributed by atoms with Gasteiger partial charge in [0.15, 0.2) is 6.61 Å². The Kier molecular flexibility index (Phi) is 8.86. The van der Waals surface area contributed by atoms with Gasteiger partial charge in [0.25, 0.3) is 11.8 Å². The van der Waals surface area contributed by atoms with Crippen molar-refractivity contribution in [2.45, 2.75) is 64.8 Å². The molecule has 1 fully saturated rings. The summed E-state index contributed by atoms with van der Waals surface area (Å²) < 4.78 is 11.4. The minimum atomic E-state index is -0.882. The zero-order valence-electron chi connectivity index (χ0n) is 22.7. The average Bonchev–Trinajstić information content (AvgIpc) is 2.94. The Morgan fingerprint density at radius 1 is 0.949 bits per heavy atom. The van der Waals surface area contributed by atoms with Gasteiger partial charge in [-0.2, -0.15) is 0 Å². The summed E-state index contributed by atoms with van der Waals surface area (Å²) in [6, 6.07) is 12.6. The molecule has 3 aliphatic rings. The van der Waals surface area contributed by atoms with Crippen molar-refractivity contribution in [2.75, 3.05) is 13.2 Å². The summed E-state index contributed by atoms with van der Waals surface area (Å²) in [6.45, 7) is 7.12. The summed E-state index contributed by atoms with van der Waals surface area (Å²) in [5, 5.41) is 6.77. The third-order valence-corrected chi connectivity index (χ3v) is 6.94. The third kappa shape index (κ3) is 6.94. The fraction of sp³-hybridized carbons (Fsp3) is 0.448. The highest BCUT2D eigenvalue weighted by molar-refractivity contribution is 5.92. The predicted molar refractivity (Wildman–Crippen MR) is 144 cm³/mol. The van der Waals surface area contributed by atoms with E-state index in [2.05, 4.69) is 16.1 Å². The van der Waals surface area contributed by atoms with E-state index in [1.165, 1.54) is 5.01 Å². The maximum absolute atomic E-state index is 13.1. The van der Waals surface area contributed by atoms with Gasteiger partial charge in [-0.05, 0) is 67.5 Å². The number of ether oxygens (including phenoxy) is 2. The number of hydrogen-bond donors (Lipinski definition) is 3. The topological polar surface area (TPSA) is 126 Å². The molecule has 1 unspecified atom stereocenters. The van der Waals surface area contributed by atoms with Crippen LogP contribution >= 0.6 is 0 Å². The molecule has 0 spiro atoms. The molecular formula is C29H36N4O6. The van der Waals surface area contributed by atoms with Crippen LogP contribution in [0.3, 0.4) is 0 Å². The van der Waals surface area contributed by atoms with Crippen LogP contribution in [-0.2, 0) is 23.9 Å². The Hall–Kier alpha value is -3.92. The summed E-state index contributed by atoms with van der Waals surface area (Å²) in [4.78, 5) is 51.8. The molecule has 3 amide bonds. The lowest BCUT2D eigenvalue weighted by atomic mass is 10.0. The molecular weight excluding hydrogens is 500 g/mol. The van der Waals surface area contributed by atoms with Gasteiger partial charge in [-0.25, -0.2) is 5.43 Å². The zero-order chi connectivity index (χ0) is 28.1. The van der Waals surface area contributed by atoms with Crippen molar-refractivity contribution < 1.29 is 28.7 Å². The van der Waals surface area contributed by atoms with Crippen molar-refractivity contribution in [3.63, 3.8) is 0 Å². The van der Waals surface area contributed by atoms with Crippen LogP contribution in [0.15, 0.2) is 48.5 Å². The molecule has 208 valence electrons. The van der Waals surface area contributed by atoms with E-state index in [1.807, 2.05) is 43.3 Å². The van der Waals surface area contributed by atoms with Gasteiger partial charge in [0.1, 0.15) is 30.0 Å². The number of amides is 3. The van der Waals surface area contributed by atoms with Gasteiger partial charge >= 0.3 is 5.97 Å². The van der Waals surface area contributed by atoms with Crippen molar-refractivity contribution in [1.82, 2.24) is 21.1 Å².